The summed E-state index contributed by atoms with van der Waals surface area (Å²) in [5.41, 5.74) is 9.59. The van der Waals surface area contributed by atoms with Crippen LogP contribution >= 0.6 is 12.4 Å². The third-order valence-corrected chi connectivity index (χ3v) is 4.98. The topological polar surface area (TPSA) is 89.9 Å². The normalized spacial score (nSPS) is 14.6. The van der Waals surface area contributed by atoms with E-state index >= 15 is 0 Å². The summed E-state index contributed by atoms with van der Waals surface area (Å²) in [6.45, 7) is 3.44. The van der Waals surface area contributed by atoms with E-state index in [9.17, 15) is 4.79 Å². The fourth-order valence-electron chi connectivity index (χ4n) is 3.42. The second-order valence-electron chi connectivity index (χ2n) is 6.94. The van der Waals surface area contributed by atoms with E-state index in [1.54, 1.807) is 17.2 Å². The Bertz CT molecular complexity index is 951. The zero-order valence-corrected chi connectivity index (χ0v) is 16.5. The van der Waals surface area contributed by atoms with Crippen LogP contribution in [0.2, 0.25) is 0 Å². The maximum atomic E-state index is 12.8. The van der Waals surface area contributed by atoms with Crippen molar-refractivity contribution in [1.82, 2.24) is 24.6 Å². The summed E-state index contributed by atoms with van der Waals surface area (Å²) in [5.74, 6) is 0.857. The number of halogens is 1. The van der Waals surface area contributed by atoms with Crippen LogP contribution < -0.4 is 5.73 Å². The maximum absolute atomic E-state index is 12.8. The van der Waals surface area contributed by atoms with Crippen molar-refractivity contribution >= 4 is 18.3 Å². The second kappa shape index (κ2) is 8.50. The van der Waals surface area contributed by atoms with Gasteiger partial charge in [-0.15, -0.1) is 22.6 Å². The molecule has 1 aromatic carbocycles. The van der Waals surface area contributed by atoms with Crippen LogP contribution in [0.5, 0.6) is 0 Å². The van der Waals surface area contributed by atoms with Crippen LogP contribution in [0.1, 0.15) is 28.8 Å². The van der Waals surface area contributed by atoms with Gasteiger partial charge < -0.3 is 10.6 Å². The van der Waals surface area contributed by atoms with E-state index in [4.69, 9.17) is 5.73 Å². The van der Waals surface area contributed by atoms with Crippen molar-refractivity contribution in [3.63, 3.8) is 0 Å². The summed E-state index contributed by atoms with van der Waals surface area (Å²) in [4.78, 5) is 19.3. The number of nitrogens with two attached hydrogens (primary N) is 1. The predicted molar refractivity (Wildman–Crippen MR) is 110 cm³/mol. The number of rotatable bonds is 3. The molecule has 8 heteroatoms. The molecule has 146 valence electrons. The highest BCUT2D eigenvalue weighted by molar-refractivity contribution is 5.95. The Hall–Kier alpha value is -2.77. The van der Waals surface area contributed by atoms with Crippen LogP contribution in [0.25, 0.3) is 16.9 Å². The summed E-state index contributed by atoms with van der Waals surface area (Å²) in [6.07, 6.45) is 6.78. The van der Waals surface area contributed by atoms with E-state index in [1.165, 1.54) is 0 Å². The number of carbonyl (C=O) groups is 1. The molecule has 1 saturated heterocycles. The van der Waals surface area contributed by atoms with Gasteiger partial charge in [0.25, 0.3) is 5.91 Å². The summed E-state index contributed by atoms with van der Waals surface area (Å²) in [5, 5.41) is 7.65. The molecule has 7 nitrogen and oxygen atoms in total. The van der Waals surface area contributed by atoms with Gasteiger partial charge in [0, 0.05) is 36.5 Å². The Labute approximate surface area is 170 Å². The van der Waals surface area contributed by atoms with E-state index in [0.29, 0.717) is 5.56 Å². The lowest BCUT2D eigenvalue weighted by Gasteiger charge is -2.30. The van der Waals surface area contributed by atoms with Gasteiger partial charge in [-0.05, 0) is 49.1 Å². The van der Waals surface area contributed by atoms with Gasteiger partial charge in [-0.1, -0.05) is 12.1 Å². The highest BCUT2D eigenvalue weighted by Gasteiger charge is 2.21. The highest BCUT2D eigenvalue weighted by Crippen LogP contribution is 2.24. The number of hydrogen-bond acceptors (Lipinski definition) is 5. The number of benzene rings is 1. The van der Waals surface area contributed by atoms with Gasteiger partial charge in [-0.3, -0.25) is 9.36 Å². The lowest BCUT2D eigenvalue weighted by molar-refractivity contribution is 0.0715. The smallest absolute Gasteiger partial charge is 0.253 e. The molecule has 2 N–H and O–H groups in total. The summed E-state index contributed by atoms with van der Waals surface area (Å²) < 4.78 is 1.78. The summed E-state index contributed by atoms with van der Waals surface area (Å²) >= 11 is 0. The Balaban J connectivity index is 0.00000225. The van der Waals surface area contributed by atoms with Crippen molar-refractivity contribution in [3.05, 3.63) is 60.3 Å². The van der Waals surface area contributed by atoms with Crippen molar-refractivity contribution in [2.75, 3.05) is 13.1 Å². The lowest BCUT2D eigenvalue weighted by atomic mass is 10.0. The third kappa shape index (κ3) is 4.05. The van der Waals surface area contributed by atoms with E-state index in [1.807, 2.05) is 42.3 Å². The first-order valence-corrected chi connectivity index (χ1v) is 9.09. The zero-order valence-electron chi connectivity index (χ0n) is 15.7. The largest absolute Gasteiger partial charge is 0.339 e. The Kier molecular flexibility index (Phi) is 6.06. The Morgan fingerprint density at radius 1 is 1.11 bits per heavy atom. The number of amides is 1. The molecule has 0 saturated carbocycles. The van der Waals surface area contributed by atoms with Crippen molar-refractivity contribution in [2.45, 2.75) is 25.8 Å². The SMILES string of the molecule is Cc1cc(-c2cccc(C(=O)N3CCC(N)CC3)c2)cnc1-n1cnnc1.Cl. The van der Waals surface area contributed by atoms with Gasteiger partial charge in [-0.25, -0.2) is 4.98 Å². The van der Waals surface area contributed by atoms with Crippen LogP contribution in [0.15, 0.2) is 49.2 Å². The summed E-state index contributed by atoms with van der Waals surface area (Å²) in [6, 6.07) is 9.99. The number of piperidine rings is 1. The summed E-state index contributed by atoms with van der Waals surface area (Å²) in [7, 11) is 0. The maximum Gasteiger partial charge on any atom is 0.253 e. The van der Waals surface area contributed by atoms with Gasteiger partial charge in [0.15, 0.2) is 0 Å². The number of hydrogen-bond donors (Lipinski definition) is 1. The minimum atomic E-state index is 0. The molecular weight excluding hydrogens is 376 g/mol. The van der Waals surface area contributed by atoms with Crippen molar-refractivity contribution in [1.29, 1.82) is 0 Å². The molecule has 0 unspecified atom stereocenters. The molecular formula is C20H23ClN6O. The van der Waals surface area contributed by atoms with E-state index < -0.39 is 0 Å². The monoisotopic (exact) mass is 398 g/mol. The van der Waals surface area contributed by atoms with Gasteiger partial charge in [0.1, 0.15) is 18.5 Å². The van der Waals surface area contributed by atoms with Crippen LogP contribution in [0.3, 0.4) is 0 Å². The number of likely N-dealkylation sites (tertiary alicyclic amines) is 1. The number of nitrogens with zero attached hydrogens (tertiary/aromatic N) is 5. The minimum absolute atomic E-state index is 0. The van der Waals surface area contributed by atoms with E-state index in [-0.39, 0.29) is 24.4 Å². The molecule has 0 aliphatic carbocycles. The molecule has 0 radical (unpaired) electrons. The van der Waals surface area contributed by atoms with Crippen LogP contribution in [-0.2, 0) is 0 Å². The molecule has 2 aromatic heterocycles. The molecule has 0 bridgehead atoms. The van der Waals surface area contributed by atoms with Crippen LogP contribution in [-0.4, -0.2) is 49.7 Å². The highest BCUT2D eigenvalue weighted by atomic mass is 35.5. The number of pyridine rings is 1. The fourth-order valence-corrected chi connectivity index (χ4v) is 3.42. The molecule has 4 rings (SSSR count). The quantitative estimate of drug-likeness (QED) is 0.732. The second-order valence-corrected chi connectivity index (χ2v) is 6.94. The minimum Gasteiger partial charge on any atom is -0.339 e. The first-order valence-electron chi connectivity index (χ1n) is 9.09. The van der Waals surface area contributed by atoms with Crippen LogP contribution in [0.4, 0.5) is 0 Å². The fraction of sp³-hybridized carbons (Fsp3) is 0.300. The molecule has 3 aromatic rings. The molecule has 3 heterocycles. The Morgan fingerprint density at radius 2 is 1.82 bits per heavy atom. The molecule has 1 aliphatic heterocycles. The predicted octanol–water partition coefficient (Wildman–Crippen LogP) is 2.62. The molecule has 1 amide bonds. The molecule has 28 heavy (non-hydrogen) atoms. The van der Waals surface area contributed by atoms with Gasteiger partial charge >= 0.3 is 0 Å². The van der Waals surface area contributed by atoms with Gasteiger partial charge in [0.2, 0.25) is 0 Å². The molecule has 1 fully saturated rings. The molecule has 0 atom stereocenters. The standard InChI is InChI=1S/C20H22N6O.ClH/c1-14-9-17(11-22-19(14)26-12-23-24-13-26)15-3-2-4-16(10-15)20(27)25-7-5-18(21)6-8-25;/h2-4,9-13,18H,5-8,21H2,1H3;1H. The Morgan fingerprint density at radius 3 is 2.50 bits per heavy atom. The first-order chi connectivity index (χ1) is 13.1. The number of aromatic nitrogens is 4. The average Bonchev–Trinajstić information content (AvgIpc) is 3.22. The lowest BCUT2D eigenvalue weighted by Crippen LogP contribution is -2.42. The van der Waals surface area contributed by atoms with Crippen LogP contribution in [0, 0.1) is 6.92 Å². The first kappa shape index (κ1) is 20.0. The third-order valence-electron chi connectivity index (χ3n) is 4.98. The number of carbonyl (C=O) groups excluding carboxylic acids is 1. The zero-order chi connectivity index (χ0) is 18.8. The van der Waals surface area contributed by atoms with Gasteiger partial charge in [-0.2, -0.15) is 0 Å². The average molecular weight is 399 g/mol. The van der Waals surface area contributed by atoms with Gasteiger partial charge in [0.05, 0.1) is 0 Å². The van der Waals surface area contributed by atoms with Crippen molar-refractivity contribution in [3.8, 4) is 16.9 Å². The van der Waals surface area contributed by atoms with Crippen molar-refractivity contribution in [2.24, 2.45) is 5.73 Å². The van der Waals surface area contributed by atoms with E-state index in [2.05, 4.69) is 21.2 Å². The molecule has 1 aliphatic rings. The van der Waals surface area contributed by atoms with E-state index in [0.717, 1.165) is 48.4 Å². The van der Waals surface area contributed by atoms with Crippen molar-refractivity contribution < 1.29 is 4.79 Å². The number of aryl methyl sites for hydroxylation is 1. The molecule has 0 spiro atoms.